The Hall–Kier alpha value is -4.18. The molecular weight excluding hydrogens is 412 g/mol. The zero-order valence-electron chi connectivity index (χ0n) is 16.4. The number of nitrogens with zero attached hydrogens (tertiary/aromatic N) is 6. The summed E-state index contributed by atoms with van der Waals surface area (Å²) >= 11 is 1.37. The third-order valence-electron chi connectivity index (χ3n) is 4.43. The maximum atomic E-state index is 12.3. The van der Waals surface area contributed by atoms with Crippen LogP contribution in [0.3, 0.4) is 0 Å². The van der Waals surface area contributed by atoms with Crippen molar-refractivity contribution in [2.75, 3.05) is 10.6 Å². The van der Waals surface area contributed by atoms with Gasteiger partial charge in [0.25, 0.3) is 11.7 Å². The van der Waals surface area contributed by atoms with E-state index in [0.717, 1.165) is 16.9 Å². The van der Waals surface area contributed by atoms with Crippen LogP contribution in [0.1, 0.15) is 16.1 Å². The Morgan fingerprint density at radius 2 is 1.97 bits per heavy atom. The molecule has 4 heterocycles. The molecular formula is C21H16N8OS. The van der Waals surface area contributed by atoms with Crippen LogP contribution in [-0.4, -0.2) is 35.5 Å². The molecule has 9 nitrogen and oxygen atoms in total. The quantitative estimate of drug-likeness (QED) is 0.436. The first-order valence-corrected chi connectivity index (χ1v) is 10.3. The molecule has 152 valence electrons. The van der Waals surface area contributed by atoms with Crippen molar-refractivity contribution < 1.29 is 4.79 Å². The topological polar surface area (TPSA) is 110 Å². The molecule has 0 saturated carbocycles. The molecule has 1 amide bonds. The summed E-state index contributed by atoms with van der Waals surface area (Å²) < 4.78 is 1.65. The average molecular weight is 428 g/mol. The number of hydrogen-bond donors (Lipinski definition) is 2. The van der Waals surface area contributed by atoms with E-state index in [-0.39, 0.29) is 5.91 Å². The van der Waals surface area contributed by atoms with Crippen molar-refractivity contribution >= 4 is 39.7 Å². The van der Waals surface area contributed by atoms with Gasteiger partial charge in [0, 0.05) is 52.5 Å². The first kappa shape index (κ1) is 18.8. The van der Waals surface area contributed by atoms with E-state index in [2.05, 4.69) is 35.7 Å². The van der Waals surface area contributed by atoms with Gasteiger partial charge >= 0.3 is 0 Å². The van der Waals surface area contributed by atoms with Gasteiger partial charge in [0.15, 0.2) is 11.0 Å². The summed E-state index contributed by atoms with van der Waals surface area (Å²) in [6, 6.07) is 12.8. The average Bonchev–Trinajstić information content (AvgIpc) is 3.45. The molecule has 10 heteroatoms. The maximum absolute atomic E-state index is 12.3. The number of fused-ring (bicyclic) bond motifs is 1. The first-order chi connectivity index (χ1) is 15.2. The van der Waals surface area contributed by atoms with E-state index >= 15 is 0 Å². The number of aromatic nitrogens is 6. The number of carbonyl (C=O) groups is 1. The number of benzene rings is 1. The Labute approximate surface area is 180 Å². The zero-order valence-corrected chi connectivity index (χ0v) is 17.2. The summed E-state index contributed by atoms with van der Waals surface area (Å²) in [6.07, 6.45) is 5.06. The number of nitrogens with one attached hydrogen (secondary N) is 2. The molecule has 0 aliphatic rings. The highest BCUT2D eigenvalue weighted by atomic mass is 32.1. The van der Waals surface area contributed by atoms with Gasteiger partial charge in [0.2, 0.25) is 0 Å². The largest absolute Gasteiger partial charge is 0.340 e. The zero-order chi connectivity index (χ0) is 21.2. The van der Waals surface area contributed by atoms with Crippen LogP contribution >= 0.6 is 11.3 Å². The smallest absolute Gasteiger partial charge is 0.257 e. The standard InChI is InChI=1S/C21H16N8OS/c1-13-11-17(29-20(24-13)26-18(28-29)15-3-2-8-22-12-15)25-16-6-4-14(5-7-16)19(30)27-21-23-9-10-31-21/h2-12,25H,1H3,(H,23,27,30). The molecule has 5 rings (SSSR count). The van der Waals surface area contributed by atoms with Crippen LogP contribution in [0, 0.1) is 6.92 Å². The molecule has 0 aliphatic carbocycles. The van der Waals surface area contributed by atoms with E-state index in [4.69, 9.17) is 0 Å². The predicted octanol–water partition coefficient (Wildman–Crippen LogP) is 3.95. The molecule has 0 fully saturated rings. The number of carbonyl (C=O) groups excluding carboxylic acids is 1. The number of anilines is 3. The highest BCUT2D eigenvalue weighted by Crippen LogP contribution is 2.22. The molecule has 0 bridgehead atoms. The van der Waals surface area contributed by atoms with Crippen LogP contribution in [0.2, 0.25) is 0 Å². The van der Waals surface area contributed by atoms with Crippen LogP contribution in [0.5, 0.6) is 0 Å². The van der Waals surface area contributed by atoms with Crippen molar-refractivity contribution in [1.29, 1.82) is 0 Å². The van der Waals surface area contributed by atoms with Crippen molar-refractivity contribution in [2.24, 2.45) is 0 Å². The van der Waals surface area contributed by atoms with Gasteiger partial charge in [-0.05, 0) is 43.3 Å². The maximum Gasteiger partial charge on any atom is 0.257 e. The number of rotatable bonds is 5. The van der Waals surface area contributed by atoms with Gasteiger partial charge in [-0.25, -0.2) is 9.97 Å². The summed E-state index contributed by atoms with van der Waals surface area (Å²) in [5.41, 5.74) is 2.96. The Morgan fingerprint density at radius 1 is 1.10 bits per heavy atom. The minimum atomic E-state index is -0.207. The lowest BCUT2D eigenvalue weighted by molar-refractivity contribution is 0.102. The second kappa shape index (κ2) is 7.92. The van der Waals surface area contributed by atoms with E-state index in [1.165, 1.54) is 11.3 Å². The van der Waals surface area contributed by atoms with Gasteiger partial charge in [-0.2, -0.15) is 9.50 Å². The van der Waals surface area contributed by atoms with E-state index in [9.17, 15) is 4.79 Å². The second-order valence-electron chi connectivity index (χ2n) is 6.67. The minimum Gasteiger partial charge on any atom is -0.340 e. The molecule has 0 radical (unpaired) electrons. The van der Waals surface area contributed by atoms with Gasteiger partial charge in [0.05, 0.1) is 0 Å². The number of aryl methyl sites for hydroxylation is 1. The van der Waals surface area contributed by atoms with Crippen LogP contribution in [-0.2, 0) is 0 Å². The van der Waals surface area contributed by atoms with Crippen LogP contribution in [0.4, 0.5) is 16.6 Å². The lowest BCUT2D eigenvalue weighted by Gasteiger charge is -2.09. The van der Waals surface area contributed by atoms with Crippen LogP contribution in [0.15, 0.2) is 66.4 Å². The normalized spacial score (nSPS) is 10.9. The van der Waals surface area contributed by atoms with Gasteiger partial charge in [-0.1, -0.05) is 0 Å². The molecule has 2 N–H and O–H groups in total. The van der Waals surface area contributed by atoms with Crippen molar-refractivity contribution in [1.82, 2.24) is 29.5 Å². The van der Waals surface area contributed by atoms with Crippen LogP contribution < -0.4 is 10.6 Å². The first-order valence-electron chi connectivity index (χ1n) is 9.38. The van der Waals surface area contributed by atoms with E-state index in [0.29, 0.717) is 28.1 Å². The third kappa shape index (κ3) is 3.96. The number of pyridine rings is 1. The predicted molar refractivity (Wildman–Crippen MR) is 119 cm³/mol. The van der Waals surface area contributed by atoms with Crippen molar-refractivity contribution in [3.8, 4) is 11.4 Å². The van der Waals surface area contributed by atoms with E-state index in [1.54, 1.807) is 35.2 Å². The fourth-order valence-corrected chi connectivity index (χ4v) is 3.52. The number of hydrogen-bond acceptors (Lipinski definition) is 8. The minimum absolute atomic E-state index is 0.207. The summed E-state index contributed by atoms with van der Waals surface area (Å²) in [4.78, 5) is 29.5. The summed E-state index contributed by atoms with van der Waals surface area (Å²) in [6.45, 7) is 1.90. The summed E-state index contributed by atoms with van der Waals surface area (Å²) in [5, 5.41) is 13.1. The summed E-state index contributed by atoms with van der Waals surface area (Å²) in [7, 11) is 0. The molecule has 4 aromatic heterocycles. The molecule has 1 aromatic carbocycles. The molecule has 0 saturated heterocycles. The van der Waals surface area contributed by atoms with Crippen molar-refractivity contribution in [3.63, 3.8) is 0 Å². The van der Waals surface area contributed by atoms with Crippen molar-refractivity contribution in [2.45, 2.75) is 6.92 Å². The van der Waals surface area contributed by atoms with Crippen LogP contribution in [0.25, 0.3) is 17.2 Å². The van der Waals surface area contributed by atoms with E-state index in [1.807, 2.05) is 42.6 Å². The fraction of sp³-hybridized carbons (Fsp3) is 0.0476. The molecule has 0 aliphatic heterocycles. The Kier molecular flexibility index (Phi) is 4.81. The Morgan fingerprint density at radius 3 is 2.71 bits per heavy atom. The lowest BCUT2D eigenvalue weighted by atomic mass is 10.2. The Bertz CT molecular complexity index is 1350. The monoisotopic (exact) mass is 428 g/mol. The fourth-order valence-electron chi connectivity index (χ4n) is 3.00. The van der Waals surface area contributed by atoms with E-state index < -0.39 is 0 Å². The molecule has 0 unspecified atom stereocenters. The summed E-state index contributed by atoms with van der Waals surface area (Å²) in [5.74, 6) is 1.54. The molecule has 5 aromatic rings. The van der Waals surface area contributed by atoms with Gasteiger partial charge in [-0.3, -0.25) is 15.1 Å². The van der Waals surface area contributed by atoms with Gasteiger partial charge in [-0.15, -0.1) is 16.4 Å². The molecule has 31 heavy (non-hydrogen) atoms. The second-order valence-corrected chi connectivity index (χ2v) is 7.56. The third-order valence-corrected chi connectivity index (χ3v) is 5.12. The Balaban J connectivity index is 1.41. The van der Waals surface area contributed by atoms with Gasteiger partial charge in [0.1, 0.15) is 5.82 Å². The molecule has 0 atom stereocenters. The van der Waals surface area contributed by atoms with Crippen molar-refractivity contribution in [3.05, 3.63) is 77.7 Å². The lowest BCUT2D eigenvalue weighted by Crippen LogP contribution is -2.11. The number of thiazole rings is 1. The van der Waals surface area contributed by atoms with Gasteiger partial charge < -0.3 is 5.32 Å². The SMILES string of the molecule is Cc1cc(Nc2ccc(C(=O)Nc3nccs3)cc2)n2nc(-c3cccnc3)nc2n1. The number of amides is 1. The molecule has 0 spiro atoms. The highest BCUT2D eigenvalue weighted by molar-refractivity contribution is 7.13. The highest BCUT2D eigenvalue weighted by Gasteiger charge is 2.13.